The first-order valence-electron chi connectivity index (χ1n) is 11.1. The molecule has 0 saturated heterocycles. The van der Waals surface area contributed by atoms with E-state index in [0.29, 0.717) is 23.0 Å². The minimum atomic E-state index is -1.14. The molecule has 2 aromatic heterocycles. The van der Waals surface area contributed by atoms with Gasteiger partial charge in [0, 0.05) is 30.1 Å². The van der Waals surface area contributed by atoms with E-state index in [-0.39, 0.29) is 28.5 Å². The first-order chi connectivity index (χ1) is 17.1. The summed E-state index contributed by atoms with van der Waals surface area (Å²) in [7, 11) is 1.60. The molecule has 7 nitrogen and oxygen atoms in total. The van der Waals surface area contributed by atoms with Gasteiger partial charge in [-0.3, -0.25) is 4.79 Å². The molecule has 10 heteroatoms. The van der Waals surface area contributed by atoms with Crippen LogP contribution >= 0.6 is 34.8 Å². The summed E-state index contributed by atoms with van der Waals surface area (Å²) in [6.45, 7) is 0. The van der Waals surface area contributed by atoms with Gasteiger partial charge in [-0.2, -0.15) is 0 Å². The lowest BCUT2D eigenvalue weighted by atomic mass is 9.82. The van der Waals surface area contributed by atoms with Crippen LogP contribution < -0.4 is 5.32 Å². The molecule has 1 aliphatic carbocycles. The Hall–Kier alpha value is -3.02. The van der Waals surface area contributed by atoms with Crippen molar-refractivity contribution in [3.63, 3.8) is 0 Å². The summed E-state index contributed by atoms with van der Waals surface area (Å²) in [5.41, 5.74) is 0.0714. The highest BCUT2D eigenvalue weighted by Gasteiger charge is 2.33. The minimum absolute atomic E-state index is 0.171. The van der Waals surface area contributed by atoms with Gasteiger partial charge in [0.2, 0.25) is 0 Å². The number of carboxylic acid groups (broad SMARTS) is 1. The van der Waals surface area contributed by atoms with Crippen molar-refractivity contribution >= 4 is 46.7 Å². The maximum atomic E-state index is 12.3. The normalized spacial score (nSPS) is 18.8. The van der Waals surface area contributed by atoms with Crippen molar-refractivity contribution in [3.05, 3.63) is 86.9 Å². The van der Waals surface area contributed by atoms with E-state index < -0.39 is 11.6 Å². The van der Waals surface area contributed by atoms with Crippen LogP contribution in [0.5, 0.6) is 0 Å². The molecule has 0 aliphatic heterocycles. The lowest BCUT2D eigenvalue weighted by molar-refractivity contribution is 0.0451. The number of hydrogen-bond donors (Lipinski definition) is 3. The molecule has 1 fully saturated rings. The molecule has 1 aromatic carbocycles. The van der Waals surface area contributed by atoms with E-state index >= 15 is 0 Å². The Morgan fingerprint density at radius 2 is 1.89 bits per heavy atom. The van der Waals surface area contributed by atoms with Crippen LogP contribution in [0.25, 0.3) is 0 Å². The lowest BCUT2D eigenvalue weighted by Gasteiger charge is -2.33. The van der Waals surface area contributed by atoms with E-state index in [1.54, 1.807) is 43.4 Å². The van der Waals surface area contributed by atoms with Gasteiger partial charge in [0.05, 0.1) is 0 Å². The van der Waals surface area contributed by atoms with Gasteiger partial charge in [-0.15, -0.1) is 0 Å². The monoisotopic (exact) mass is 547 g/mol. The molecule has 0 spiro atoms. The lowest BCUT2D eigenvalue weighted by Crippen LogP contribution is -2.45. The average molecular weight is 549 g/mol. The van der Waals surface area contributed by atoms with E-state index in [9.17, 15) is 14.7 Å². The van der Waals surface area contributed by atoms with Gasteiger partial charge in [-0.1, -0.05) is 58.8 Å². The highest BCUT2D eigenvalue weighted by molar-refractivity contribution is 6.30. The second kappa shape index (κ2) is 12.3. The third-order valence-corrected chi connectivity index (χ3v) is 6.38. The molecule has 3 aromatic rings. The molecule has 4 rings (SSSR count). The highest BCUT2D eigenvalue weighted by atomic mass is 35.5. The van der Waals surface area contributed by atoms with Crippen LogP contribution in [0.15, 0.2) is 54.6 Å². The number of halogens is 3. The van der Waals surface area contributed by atoms with Crippen LogP contribution in [-0.2, 0) is 7.05 Å². The van der Waals surface area contributed by atoms with Crippen LogP contribution in [0.2, 0.25) is 15.3 Å². The molecule has 188 valence electrons. The Bertz CT molecular complexity index is 1320. The second-order valence-corrected chi connectivity index (χ2v) is 9.52. The zero-order chi connectivity index (χ0) is 26.3. The Morgan fingerprint density at radius 1 is 1.14 bits per heavy atom. The maximum absolute atomic E-state index is 12.3. The van der Waals surface area contributed by atoms with Gasteiger partial charge in [0.1, 0.15) is 27.3 Å². The molecule has 1 saturated carbocycles. The SMILES string of the molecule is Cn1c(Cl)ccc1C(=O)O.O=C(N[C@H]1CCC[C@@](O)(C#Cc2cccc(Cl)c2)C1)c1cccc(Cl)n1. The molecule has 36 heavy (non-hydrogen) atoms. The fourth-order valence-corrected chi connectivity index (χ4v) is 4.25. The van der Waals surface area contributed by atoms with Crippen molar-refractivity contribution in [1.29, 1.82) is 0 Å². The first kappa shape index (κ1) is 27.6. The van der Waals surface area contributed by atoms with Gasteiger partial charge in [-0.05, 0) is 61.7 Å². The van der Waals surface area contributed by atoms with E-state index in [0.717, 1.165) is 18.4 Å². The summed E-state index contributed by atoms with van der Waals surface area (Å²) < 4.78 is 1.41. The average Bonchev–Trinajstić information content (AvgIpc) is 3.17. The zero-order valence-electron chi connectivity index (χ0n) is 19.3. The number of nitrogens with zero attached hydrogens (tertiary/aromatic N) is 2. The summed E-state index contributed by atoms with van der Waals surface area (Å²) in [5, 5.41) is 23.5. The third kappa shape index (κ3) is 7.74. The Balaban J connectivity index is 0.000000303. The summed E-state index contributed by atoms with van der Waals surface area (Å²) in [4.78, 5) is 26.7. The molecule has 2 heterocycles. The van der Waals surface area contributed by atoms with Gasteiger partial charge >= 0.3 is 5.97 Å². The van der Waals surface area contributed by atoms with Crippen LogP contribution in [0, 0.1) is 11.8 Å². The number of amides is 1. The molecule has 0 unspecified atom stereocenters. The largest absolute Gasteiger partial charge is 0.477 e. The number of carbonyl (C=O) groups is 2. The van der Waals surface area contributed by atoms with Crippen LogP contribution in [0.3, 0.4) is 0 Å². The van der Waals surface area contributed by atoms with E-state index in [1.165, 1.54) is 10.6 Å². The molecule has 0 radical (unpaired) electrons. The molecular formula is C26H24Cl3N3O4. The minimum Gasteiger partial charge on any atom is -0.477 e. The number of rotatable bonds is 3. The van der Waals surface area contributed by atoms with Crippen molar-refractivity contribution in [1.82, 2.24) is 14.9 Å². The van der Waals surface area contributed by atoms with Crippen molar-refractivity contribution in [3.8, 4) is 11.8 Å². The Morgan fingerprint density at radius 3 is 2.50 bits per heavy atom. The standard InChI is InChI=1S/C20H18Cl2N2O2.C6H6ClNO2/c21-15-5-1-4-14(12-15)9-11-20(26)10-3-6-16(13-20)23-19(25)17-7-2-8-18(22)24-17;1-8-4(6(9)10)2-3-5(8)7/h1-2,4-5,7-8,12,16,26H,3,6,10,13H2,(H,23,25);2-3H,1H3,(H,9,10)/t16-,20+;/m0./s1. The number of carbonyl (C=O) groups excluding carboxylic acids is 1. The number of nitrogens with one attached hydrogen (secondary N) is 1. The van der Waals surface area contributed by atoms with Crippen molar-refractivity contribution in [2.24, 2.45) is 7.05 Å². The van der Waals surface area contributed by atoms with E-state index in [1.807, 2.05) is 12.1 Å². The molecule has 3 N–H and O–H groups in total. The van der Waals surface area contributed by atoms with Gasteiger partial charge < -0.3 is 20.1 Å². The van der Waals surface area contributed by atoms with Crippen LogP contribution in [0.1, 0.15) is 52.2 Å². The second-order valence-electron chi connectivity index (χ2n) is 8.31. The molecular weight excluding hydrogens is 525 g/mol. The predicted octanol–water partition coefficient (Wildman–Crippen LogP) is 5.22. The summed E-state index contributed by atoms with van der Waals surface area (Å²) in [5.74, 6) is 4.67. The topological polar surface area (TPSA) is 104 Å². The number of aromatic nitrogens is 2. The fourth-order valence-electron chi connectivity index (χ4n) is 3.74. The Labute approximate surface area is 224 Å². The number of aliphatic hydroxyl groups is 1. The highest BCUT2D eigenvalue weighted by Crippen LogP contribution is 2.28. The molecule has 2 atom stereocenters. The van der Waals surface area contributed by atoms with Crippen LogP contribution in [-0.4, -0.2) is 43.3 Å². The fraction of sp³-hybridized carbons (Fsp3) is 0.269. The van der Waals surface area contributed by atoms with Gasteiger partial charge in [0.25, 0.3) is 5.91 Å². The van der Waals surface area contributed by atoms with Crippen molar-refractivity contribution in [2.75, 3.05) is 0 Å². The summed E-state index contributed by atoms with van der Waals surface area (Å²) >= 11 is 17.4. The van der Waals surface area contributed by atoms with Crippen LogP contribution in [0.4, 0.5) is 0 Å². The number of pyridine rings is 1. The van der Waals surface area contributed by atoms with Crippen molar-refractivity contribution in [2.45, 2.75) is 37.3 Å². The Kier molecular flexibility index (Phi) is 9.41. The zero-order valence-corrected chi connectivity index (χ0v) is 21.6. The van der Waals surface area contributed by atoms with Gasteiger partial charge in [0.15, 0.2) is 0 Å². The number of hydrogen-bond acceptors (Lipinski definition) is 4. The number of benzene rings is 1. The molecule has 0 bridgehead atoms. The number of carboxylic acids is 1. The predicted molar refractivity (Wildman–Crippen MR) is 140 cm³/mol. The maximum Gasteiger partial charge on any atom is 0.352 e. The quantitative estimate of drug-likeness (QED) is 0.307. The molecule has 1 aliphatic rings. The smallest absolute Gasteiger partial charge is 0.352 e. The van der Waals surface area contributed by atoms with Crippen molar-refractivity contribution < 1.29 is 19.8 Å². The van der Waals surface area contributed by atoms with E-state index in [2.05, 4.69) is 22.1 Å². The van der Waals surface area contributed by atoms with E-state index in [4.69, 9.17) is 39.9 Å². The third-order valence-electron chi connectivity index (χ3n) is 5.55. The van der Waals surface area contributed by atoms with Gasteiger partial charge in [-0.25, -0.2) is 9.78 Å². The number of aromatic carboxylic acids is 1. The summed E-state index contributed by atoms with van der Waals surface area (Å²) in [6, 6.07) is 14.9. The molecule has 1 amide bonds. The first-order valence-corrected chi connectivity index (χ1v) is 12.2. The summed E-state index contributed by atoms with van der Waals surface area (Å²) in [6.07, 6.45) is 2.50.